The maximum Gasteiger partial charge on any atom is 0.162 e. The number of halogens is 1. The van der Waals surface area contributed by atoms with Crippen molar-refractivity contribution in [2.45, 2.75) is 18.9 Å². The Morgan fingerprint density at radius 3 is 3.00 bits per heavy atom. The molecular weight excluding hydrogens is 140 g/mol. The third-order valence-corrected chi connectivity index (χ3v) is 1.78. The molecule has 0 aromatic heterocycles. The second-order valence-corrected chi connectivity index (χ2v) is 2.46. The summed E-state index contributed by atoms with van der Waals surface area (Å²) < 4.78 is 0. The van der Waals surface area contributed by atoms with Crippen LogP contribution in [0.3, 0.4) is 0 Å². The number of rotatable bonds is 1. The van der Waals surface area contributed by atoms with E-state index in [1.54, 1.807) is 0 Å². The first-order valence-corrected chi connectivity index (χ1v) is 3.33. The van der Waals surface area contributed by atoms with E-state index in [4.69, 9.17) is 16.8 Å². The molecule has 52 valence electrons. The molecule has 0 spiro atoms. The lowest BCUT2D eigenvalue weighted by Gasteiger charge is -2.03. The van der Waals surface area contributed by atoms with Crippen LogP contribution in [-0.4, -0.2) is 23.0 Å². The van der Waals surface area contributed by atoms with Crippen LogP contribution in [0.1, 0.15) is 12.8 Å². The molecule has 1 atom stereocenters. The van der Waals surface area contributed by atoms with Gasteiger partial charge in [-0.05, 0) is 19.4 Å². The monoisotopic (exact) mass is 148 g/mol. The van der Waals surface area contributed by atoms with Crippen LogP contribution in [0.4, 0.5) is 0 Å². The summed E-state index contributed by atoms with van der Waals surface area (Å²) in [6.45, 7) is 0.969. The fourth-order valence-electron chi connectivity index (χ4n) is 0.958. The van der Waals surface area contributed by atoms with E-state index in [0.29, 0.717) is 0 Å². The van der Waals surface area contributed by atoms with E-state index in [9.17, 15) is 0 Å². The Hall–Kier alpha value is -0.280. The molecule has 4 heteroatoms. The first-order valence-electron chi connectivity index (χ1n) is 2.95. The third kappa shape index (κ3) is 1.56. The molecule has 0 amide bonds. The maximum atomic E-state index is 8.21. The molecule has 1 aliphatic heterocycles. The Morgan fingerprint density at radius 2 is 2.56 bits per heavy atom. The quantitative estimate of drug-likeness (QED) is 0.328. The smallest absolute Gasteiger partial charge is 0.162 e. The zero-order valence-electron chi connectivity index (χ0n) is 4.97. The highest BCUT2D eigenvalue weighted by Crippen LogP contribution is 2.08. The summed E-state index contributed by atoms with van der Waals surface area (Å²) in [7, 11) is 0. The summed E-state index contributed by atoms with van der Waals surface area (Å²) >= 11 is 5.51. The van der Waals surface area contributed by atoms with E-state index < -0.39 is 0 Å². The second kappa shape index (κ2) is 3.03. The van der Waals surface area contributed by atoms with Crippen molar-refractivity contribution in [3.63, 3.8) is 0 Å². The minimum absolute atomic E-state index is 0.0941. The fraction of sp³-hybridized carbons (Fsp3) is 0.800. The number of oxime groups is 1. The fourth-order valence-corrected chi connectivity index (χ4v) is 1.14. The summed E-state index contributed by atoms with van der Waals surface area (Å²) in [6.07, 6.45) is 2.08. The molecule has 1 rings (SSSR count). The molecule has 0 unspecified atom stereocenters. The van der Waals surface area contributed by atoms with Crippen LogP contribution in [0.2, 0.25) is 0 Å². The molecule has 0 radical (unpaired) electrons. The van der Waals surface area contributed by atoms with Crippen LogP contribution in [-0.2, 0) is 0 Å². The Balaban J connectivity index is 2.42. The molecule has 2 N–H and O–H groups in total. The Labute approximate surface area is 58.7 Å². The van der Waals surface area contributed by atoms with E-state index >= 15 is 0 Å². The first-order chi connectivity index (χ1) is 4.34. The summed E-state index contributed by atoms with van der Waals surface area (Å²) in [5, 5.41) is 14.5. The summed E-state index contributed by atoms with van der Waals surface area (Å²) in [6, 6.07) is 0.0941. The maximum absolute atomic E-state index is 8.21. The van der Waals surface area contributed by atoms with Crippen LogP contribution < -0.4 is 5.32 Å². The van der Waals surface area contributed by atoms with Gasteiger partial charge in [-0.2, -0.15) is 0 Å². The zero-order chi connectivity index (χ0) is 6.69. The normalized spacial score (nSPS) is 29.0. The van der Waals surface area contributed by atoms with Gasteiger partial charge in [0.25, 0.3) is 0 Å². The lowest BCUT2D eigenvalue weighted by atomic mass is 10.2. The van der Waals surface area contributed by atoms with Gasteiger partial charge in [0, 0.05) is 0 Å². The topological polar surface area (TPSA) is 44.6 Å². The number of nitrogens with one attached hydrogen (secondary N) is 1. The predicted molar refractivity (Wildman–Crippen MR) is 36.1 cm³/mol. The van der Waals surface area contributed by atoms with Crippen molar-refractivity contribution in [1.29, 1.82) is 0 Å². The Bertz CT molecular complexity index is 120. The molecule has 1 aliphatic rings. The number of hydrogen-bond acceptors (Lipinski definition) is 3. The van der Waals surface area contributed by atoms with Gasteiger partial charge in [-0.25, -0.2) is 0 Å². The molecule has 9 heavy (non-hydrogen) atoms. The highest BCUT2D eigenvalue weighted by atomic mass is 35.5. The van der Waals surface area contributed by atoms with Gasteiger partial charge < -0.3 is 10.5 Å². The van der Waals surface area contributed by atoms with E-state index in [2.05, 4.69) is 10.5 Å². The lowest BCUT2D eigenvalue weighted by Crippen LogP contribution is -2.27. The van der Waals surface area contributed by atoms with Crippen molar-refractivity contribution >= 4 is 16.8 Å². The largest absolute Gasteiger partial charge is 0.410 e. The average Bonchev–Trinajstić information content (AvgIpc) is 2.37. The van der Waals surface area contributed by atoms with Crippen molar-refractivity contribution in [3.05, 3.63) is 0 Å². The Kier molecular flexibility index (Phi) is 2.30. The molecule has 0 bridgehead atoms. The SMILES string of the molecule is O/N=C(\Cl)[C@@H]1CCCN1. The van der Waals surface area contributed by atoms with Crippen LogP contribution in [0.5, 0.6) is 0 Å². The average molecular weight is 149 g/mol. The first kappa shape index (κ1) is 6.83. The van der Waals surface area contributed by atoms with E-state index in [-0.39, 0.29) is 11.2 Å². The van der Waals surface area contributed by atoms with E-state index in [1.807, 2.05) is 0 Å². The van der Waals surface area contributed by atoms with Gasteiger partial charge in [0.05, 0.1) is 6.04 Å². The molecule has 1 fully saturated rings. The molecule has 1 heterocycles. The van der Waals surface area contributed by atoms with Gasteiger partial charge in [-0.3, -0.25) is 0 Å². The molecule has 0 aromatic rings. The van der Waals surface area contributed by atoms with E-state index in [1.165, 1.54) is 0 Å². The molecule has 0 aliphatic carbocycles. The minimum atomic E-state index is 0.0941. The molecule has 0 saturated carbocycles. The van der Waals surface area contributed by atoms with Gasteiger partial charge in [-0.15, -0.1) is 0 Å². The third-order valence-electron chi connectivity index (χ3n) is 1.44. The van der Waals surface area contributed by atoms with Crippen molar-refractivity contribution in [3.8, 4) is 0 Å². The van der Waals surface area contributed by atoms with Crippen molar-refractivity contribution in [2.75, 3.05) is 6.54 Å². The molecular formula is C5H9ClN2O. The van der Waals surface area contributed by atoms with Gasteiger partial charge in [0.1, 0.15) is 0 Å². The van der Waals surface area contributed by atoms with Crippen LogP contribution >= 0.6 is 11.6 Å². The highest BCUT2D eigenvalue weighted by Gasteiger charge is 2.18. The molecule has 3 nitrogen and oxygen atoms in total. The number of nitrogens with zero attached hydrogens (tertiary/aromatic N) is 1. The minimum Gasteiger partial charge on any atom is -0.410 e. The molecule has 0 aromatic carbocycles. The van der Waals surface area contributed by atoms with Gasteiger partial charge in [-0.1, -0.05) is 16.8 Å². The standard InChI is InChI=1S/C5H9ClN2O/c6-5(8-9)4-2-1-3-7-4/h4,7,9H,1-3H2/b8-5-/t4-/m0/s1. The summed E-state index contributed by atoms with van der Waals surface area (Å²) in [5.74, 6) is 0. The van der Waals surface area contributed by atoms with Gasteiger partial charge in [0.15, 0.2) is 5.17 Å². The summed E-state index contributed by atoms with van der Waals surface area (Å²) in [4.78, 5) is 0. The van der Waals surface area contributed by atoms with Crippen LogP contribution in [0, 0.1) is 0 Å². The zero-order valence-corrected chi connectivity index (χ0v) is 5.73. The van der Waals surface area contributed by atoms with Crippen molar-refractivity contribution < 1.29 is 5.21 Å². The second-order valence-electron chi connectivity index (χ2n) is 2.07. The lowest BCUT2D eigenvalue weighted by molar-refractivity contribution is 0.318. The molecule has 1 saturated heterocycles. The Morgan fingerprint density at radius 1 is 1.78 bits per heavy atom. The van der Waals surface area contributed by atoms with Crippen molar-refractivity contribution in [2.24, 2.45) is 5.16 Å². The predicted octanol–water partition coefficient (Wildman–Crippen LogP) is 0.765. The van der Waals surface area contributed by atoms with Gasteiger partial charge >= 0.3 is 0 Å². The highest BCUT2D eigenvalue weighted by molar-refractivity contribution is 6.66. The summed E-state index contributed by atoms with van der Waals surface area (Å²) in [5.41, 5.74) is 0. The van der Waals surface area contributed by atoms with Crippen molar-refractivity contribution in [1.82, 2.24) is 5.32 Å². The van der Waals surface area contributed by atoms with Crippen LogP contribution in [0.15, 0.2) is 5.16 Å². The van der Waals surface area contributed by atoms with Crippen LogP contribution in [0.25, 0.3) is 0 Å². The van der Waals surface area contributed by atoms with Gasteiger partial charge in [0.2, 0.25) is 0 Å². The number of hydrogen-bond donors (Lipinski definition) is 2. The van der Waals surface area contributed by atoms with E-state index in [0.717, 1.165) is 19.4 Å².